The van der Waals surface area contributed by atoms with Gasteiger partial charge in [0, 0.05) is 7.05 Å². The van der Waals surface area contributed by atoms with Crippen LogP contribution in [-0.4, -0.2) is 15.5 Å². The van der Waals surface area contributed by atoms with Crippen molar-refractivity contribution in [3.8, 4) is 6.07 Å². The number of halogens is 1. The van der Waals surface area contributed by atoms with Crippen molar-refractivity contribution in [1.82, 2.24) is 0 Å². The Labute approximate surface area is 116 Å². The summed E-state index contributed by atoms with van der Waals surface area (Å²) in [5.41, 5.74) is 0.244. The monoisotopic (exact) mass is 290 g/mol. The molecule has 0 amide bonds. The lowest BCUT2D eigenvalue weighted by Gasteiger charge is -2.20. The van der Waals surface area contributed by atoms with E-state index in [1.807, 2.05) is 6.07 Å². The summed E-state index contributed by atoms with van der Waals surface area (Å²) in [5, 5.41) is 8.99. The zero-order valence-electron chi connectivity index (χ0n) is 10.6. The SMILES string of the molecule is CN(c1cccc(F)c1)S(=O)(=O)c1ccccc1C#N. The molecule has 0 atom stereocenters. The summed E-state index contributed by atoms with van der Waals surface area (Å²) >= 11 is 0. The number of hydrogen-bond donors (Lipinski definition) is 0. The van der Waals surface area contributed by atoms with Gasteiger partial charge < -0.3 is 0 Å². The second kappa shape index (κ2) is 5.31. The smallest absolute Gasteiger partial charge is 0.265 e. The second-order valence-corrected chi connectivity index (χ2v) is 6.00. The lowest BCUT2D eigenvalue weighted by atomic mass is 10.2. The van der Waals surface area contributed by atoms with Crippen LogP contribution in [0.15, 0.2) is 53.4 Å². The minimum Gasteiger partial charge on any atom is -0.269 e. The van der Waals surface area contributed by atoms with Gasteiger partial charge in [-0.05, 0) is 30.3 Å². The third kappa shape index (κ3) is 2.49. The van der Waals surface area contributed by atoms with Crippen LogP contribution in [0.5, 0.6) is 0 Å². The van der Waals surface area contributed by atoms with Gasteiger partial charge in [0.1, 0.15) is 16.8 Å². The molecule has 0 unspecified atom stereocenters. The Morgan fingerprint density at radius 2 is 1.85 bits per heavy atom. The van der Waals surface area contributed by atoms with Crippen LogP contribution in [0.2, 0.25) is 0 Å². The van der Waals surface area contributed by atoms with E-state index in [2.05, 4.69) is 0 Å². The molecule has 6 heteroatoms. The summed E-state index contributed by atoms with van der Waals surface area (Å²) in [6, 6.07) is 13.0. The highest BCUT2D eigenvalue weighted by Crippen LogP contribution is 2.24. The largest absolute Gasteiger partial charge is 0.269 e. The molecule has 0 aromatic heterocycles. The van der Waals surface area contributed by atoms with Crippen molar-refractivity contribution in [2.75, 3.05) is 11.4 Å². The summed E-state index contributed by atoms with van der Waals surface area (Å²) in [5.74, 6) is -0.530. The third-order valence-corrected chi connectivity index (χ3v) is 4.66. The van der Waals surface area contributed by atoms with Gasteiger partial charge in [-0.25, -0.2) is 12.8 Å². The molecule has 0 bridgehead atoms. The first-order valence-corrected chi connectivity index (χ1v) is 7.14. The van der Waals surface area contributed by atoms with E-state index in [1.54, 1.807) is 6.07 Å². The lowest BCUT2D eigenvalue weighted by molar-refractivity contribution is 0.593. The maximum absolute atomic E-state index is 13.2. The van der Waals surface area contributed by atoms with Crippen LogP contribution < -0.4 is 4.31 Å². The Balaban J connectivity index is 2.53. The highest BCUT2D eigenvalue weighted by Gasteiger charge is 2.24. The van der Waals surface area contributed by atoms with Gasteiger partial charge in [-0.3, -0.25) is 4.31 Å². The van der Waals surface area contributed by atoms with Crippen LogP contribution in [0.4, 0.5) is 10.1 Å². The minimum atomic E-state index is -3.91. The second-order valence-electron chi connectivity index (χ2n) is 4.06. The molecular weight excluding hydrogens is 279 g/mol. The van der Waals surface area contributed by atoms with Crippen molar-refractivity contribution in [3.63, 3.8) is 0 Å². The van der Waals surface area contributed by atoms with Crippen LogP contribution in [-0.2, 0) is 10.0 Å². The molecule has 4 nitrogen and oxygen atoms in total. The standard InChI is InChI=1S/C14H11FN2O2S/c1-17(13-7-4-6-12(15)9-13)20(18,19)14-8-3-2-5-11(14)10-16/h2-9H,1H3. The number of nitrogens with zero attached hydrogens (tertiary/aromatic N) is 2. The van der Waals surface area contributed by atoms with Crippen LogP contribution in [0.25, 0.3) is 0 Å². The number of nitriles is 1. The zero-order valence-corrected chi connectivity index (χ0v) is 11.4. The van der Waals surface area contributed by atoms with Gasteiger partial charge in [-0.1, -0.05) is 18.2 Å². The van der Waals surface area contributed by atoms with E-state index >= 15 is 0 Å². The highest BCUT2D eigenvalue weighted by molar-refractivity contribution is 7.92. The van der Waals surface area contributed by atoms with E-state index in [9.17, 15) is 12.8 Å². The molecule has 0 N–H and O–H groups in total. The third-order valence-electron chi connectivity index (χ3n) is 2.82. The molecule has 2 aromatic rings. The Morgan fingerprint density at radius 3 is 2.50 bits per heavy atom. The van der Waals surface area contributed by atoms with Crippen molar-refractivity contribution in [1.29, 1.82) is 5.26 Å². The molecule has 0 fully saturated rings. The minimum absolute atomic E-state index is 0.0516. The first kappa shape index (κ1) is 14.0. The fraction of sp³-hybridized carbons (Fsp3) is 0.0714. The summed E-state index contributed by atoms with van der Waals surface area (Å²) in [6.45, 7) is 0. The van der Waals surface area contributed by atoms with E-state index in [0.29, 0.717) is 0 Å². The van der Waals surface area contributed by atoms with E-state index in [1.165, 1.54) is 43.4 Å². The summed E-state index contributed by atoms with van der Waals surface area (Å²) in [6.07, 6.45) is 0. The maximum Gasteiger partial charge on any atom is 0.265 e. The Morgan fingerprint density at radius 1 is 1.15 bits per heavy atom. The molecule has 0 aliphatic rings. The first-order valence-electron chi connectivity index (χ1n) is 5.70. The molecule has 0 aliphatic heterocycles. The molecule has 0 saturated heterocycles. The van der Waals surface area contributed by atoms with Crippen molar-refractivity contribution < 1.29 is 12.8 Å². The molecule has 0 radical (unpaired) electrons. The summed E-state index contributed by atoms with van der Waals surface area (Å²) < 4.78 is 39.1. The molecule has 0 spiro atoms. The number of anilines is 1. The Kier molecular flexibility index (Phi) is 3.72. The van der Waals surface area contributed by atoms with Gasteiger partial charge in [-0.2, -0.15) is 5.26 Å². The van der Waals surface area contributed by atoms with E-state index in [-0.39, 0.29) is 16.1 Å². The lowest BCUT2D eigenvalue weighted by Crippen LogP contribution is -2.27. The first-order chi connectivity index (χ1) is 9.46. The average Bonchev–Trinajstić information content (AvgIpc) is 2.46. The summed E-state index contributed by atoms with van der Waals surface area (Å²) in [4.78, 5) is -0.103. The highest BCUT2D eigenvalue weighted by atomic mass is 32.2. The van der Waals surface area contributed by atoms with Crippen molar-refractivity contribution in [3.05, 3.63) is 59.9 Å². The molecule has 0 aliphatic carbocycles. The van der Waals surface area contributed by atoms with Crippen LogP contribution in [0.3, 0.4) is 0 Å². The molecule has 2 aromatic carbocycles. The van der Waals surface area contributed by atoms with Crippen LogP contribution in [0.1, 0.15) is 5.56 Å². The topological polar surface area (TPSA) is 61.2 Å². The fourth-order valence-electron chi connectivity index (χ4n) is 1.74. The van der Waals surface area contributed by atoms with Crippen LogP contribution in [0, 0.1) is 17.1 Å². The average molecular weight is 290 g/mol. The molecule has 2 rings (SSSR count). The number of benzene rings is 2. The zero-order chi connectivity index (χ0) is 14.8. The van der Waals surface area contributed by atoms with Gasteiger partial charge in [0.2, 0.25) is 0 Å². The van der Waals surface area contributed by atoms with Crippen molar-refractivity contribution >= 4 is 15.7 Å². The van der Waals surface area contributed by atoms with Gasteiger partial charge in [-0.15, -0.1) is 0 Å². The Hall–Kier alpha value is -2.39. The fourth-order valence-corrected chi connectivity index (χ4v) is 3.07. The Bertz CT molecular complexity index is 782. The molecule has 20 heavy (non-hydrogen) atoms. The van der Waals surface area contributed by atoms with E-state index in [4.69, 9.17) is 5.26 Å². The molecule has 0 saturated carbocycles. The molecular formula is C14H11FN2O2S. The van der Waals surface area contributed by atoms with Gasteiger partial charge in [0.05, 0.1) is 11.3 Å². The number of hydrogen-bond acceptors (Lipinski definition) is 3. The predicted molar refractivity (Wildman–Crippen MR) is 73.1 cm³/mol. The molecule has 102 valence electrons. The van der Waals surface area contributed by atoms with Crippen molar-refractivity contribution in [2.45, 2.75) is 4.90 Å². The maximum atomic E-state index is 13.2. The van der Waals surface area contributed by atoms with Gasteiger partial charge in [0.25, 0.3) is 10.0 Å². The van der Waals surface area contributed by atoms with Gasteiger partial charge >= 0.3 is 0 Å². The van der Waals surface area contributed by atoms with Crippen molar-refractivity contribution in [2.24, 2.45) is 0 Å². The summed E-state index contributed by atoms with van der Waals surface area (Å²) in [7, 11) is -2.59. The van der Waals surface area contributed by atoms with Gasteiger partial charge in [0.15, 0.2) is 0 Å². The predicted octanol–water partition coefficient (Wildman–Crippen LogP) is 2.52. The molecule has 0 heterocycles. The van der Waals surface area contributed by atoms with E-state index in [0.717, 1.165) is 10.4 Å². The number of rotatable bonds is 3. The quantitative estimate of drug-likeness (QED) is 0.872. The van der Waals surface area contributed by atoms with E-state index < -0.39 is 15.8 Å². The van der Waals surface area contributed by atoms with Crippen LogP contribution >= 0.6 is 0 Å². The number of sulfonamides is 1. The normalized spacial score (nSPS) is 10.8.